The van der Waals surface area contributed by atoms with E-state index in [2.05, 4.69) is 0 Å². The van der Waals surface area contributed by atoms with E-state index in [1.165, 1.54) is 0 Å². The molecule has 3 heterocycles. The molecule has 74 valence electrons. The van der Waals surface area contributed by atoms with Crippen molar-refractivity contribution in [3.8, 4) is 0 Å². The van der Waals surface area contributed by atoms with E-state index < -0.39 is 15.6 Å². The van der Waals surface area contributed by atoms with Crippen molar-refractivity contribution in [1.82, 2.24) is 0 Å². The van der Waals surface area contributed by atoms with Crippen LogP contribution in [0.25, 0.3) is 0 Å². The lowest BCUT2D eigenvalue weighted by Crippen LogP contribution is -2.42. The van der Waals surface area contributed by atoms with Gasteiger partial charge in [0.1, 0.15) is 17.4 Å². The normalized spacial score (nSPS) is 61.4. The molecule has 3 aliphatic heterocycles. The Kier molecular flexibility index (Phi) is 1.51. The molecule has 0 bridgehead atoms. The van der Waals surface area contributed by atoms with Crippen LogP contribution in [0.15, 0.2) is 0 Å². The highest BCUT2D eigenvalue weighted by molar-refractivity contribution is 6.30. The van der Waals surface area contributed by atoms with Crippen molar-refractivity contribution >= 4 is 9.76 Å². The molecule has 0 spiro atoms. The first-order valence-corrected chi connectivity index (χ1v) is 6.10. The third kappa shape index (κ3) is 1.19. The molecule has 0 saturated carbocycles. The van der Waals surface area contributed by atoms with Gasteiger partial charge in [-0.3, -0.25) is 0 Å². The van der Waals surface area contributed by atoms with E-state index in [-0.39, 0.29) is 11.3 Å². The maximum absolute atomic E-state index is 5.89. The average Bonchev–Trinajstić information content (AvgIpc) is 2.97. The third-order valence-electron chi connectivity index (χ3n) is 3.21. The van der Waals surface area contributed by atoms with E-state index >= 15 is 0 Å². The molecule has 3 aliphatic rings. The summed E-state index contributed by atoms with van der Waals surface area (Å²) in [5.41, 5.74) is 0.0370. The Morgan fingerprint density at radius 3 is 2.62 bits per heavy atom. The maximum atomic E-state index is 5.89. The molecule has 0 aliphatic carbocycles. The monoisotopic (exact) mass is 202 g/mol. The smallest absolute Gasteiger partial charge is 0.198 e. The molecule has 0 radical (unpaired) electrons. The zero-order chi connectivity index (χ0) is 9.10. The molecule has 3 rings (SSSR count). The highest BCUT2D eigenvalue weighted by atomic mass is 28.2. The van der Waals surface area contributed by atoms with Crippen molar-refractivity contribution in [3.63, 3.8) is 0 Å². The molecule has 13 heavy (non-hydrogen) atoms. The second kappa shape index (κ2) is 2.35. The van der Waals surface area contributed by atoms with Crippen molar-refractivity contribution in [1.29, 1.82) is 0 Å². The number of rotatable bonds is 2. The lowest BCUT2D eigenvalue weighted by atomic mass is 10.0. The Morgan fingerprint density at radius 2 is 2.08 bits per heavy atom. The first-order valence-electron chi connectivity index (χ1n) is 4.70. The summed E-state index contributed by atoms with van der Waals surface area (Å²) in [5.74, 6) is -0.504. The quantitative estimate of drug-likeness (QED) is 0.441. The molecule has 0 aromatic heterocycles. The second-order valence-corrected chi connectivity index (χ2v) is 5.73. The SMILES string of the molecule is CC1(C2(C)O[SiH2]C(C3CO3)O2)CO1. The van der Waals surface area contributed by atoms with Crippen LogP contribution in [-0.4, -0.2) is 46.2 Å². The Labute approximate surface area is 79.4 Å². The summed E-state index contributed by atoms with van der Waals surface area (Å²) < 4.78 is 22.3. The van der Waals surface area contributed by atoms with Crippen LogP contribution in [0.2, 0.25) is 0 Å². The van der Waals surface area contributed by atoms with E-state index in [1.807, 2.05) is 13.8 Å². The topological polar surface area (TPSA) is 43.5 Å². The zero-order valence-electron chi connectivity index (χ0n) is 7.91. The van der Waals surface area contributed by atoms with Crippen LogP contribution >= 0.6 is 0 Å². The van der Waals surface area contributed by atoms with Crippen LogP contribution in [0.5, 0.6) is 0 Å². The van der Waals surface area contributed by atoms with Gasteiger partial charge in [-0.2, -0.15) is 0 Å². The molecular weight excluding hydrogens is 188 g/mol. The van der Waals surface area contributed by atoms with Crippen LogP contribution < -0.4 is 0 Å². The maximum Gasteiger partial charge on any atom is 0.198 e. The summed E-state index contributed by atoms with van der Waals surface area (Å²) in [6.07, 6.45) is 0.316. The van der Waals surface area contributed by atoms with Crippen molar-refractivity contribution < 1.29 is 18.6 Å². The summed E-state index contributed by atoms with van der Waals surface area (Å²) >= 11 is 0. The molecule has 3 fully saturated rings. The van der Waals surface area contributed by atoms with Gasteiger partial charge in [-0.15, -0.1) is 0 Å². The van der Waals surface area contributed by atoms with Gasteiger partial charge in [0.15, 0.2) is 15.6 Å². The third-order valence-corrected chi connectivity index (χ3v) is 4.95. The van der Waals surface area contributed by atoms with Crippen LogP contribution in [0.1, 0.15) is 13.8 Å². The molecule has 0 aromatic carbocycles. The molecule has 4 nitrogen and oxygen atoms in total. The van der Waals surface area contributed by atoms with Crippen molar-refractivity contribution in [2.45, 2.75) is 37.1 Å². The minimum atomic E-state index is -0.599. The molecule has 5 heteroatoms. The molecular formula is C8H14O4Si. The highest BCUT2D eigenvalue weighted by Crippen LogP contribution is 2.45. The lowest BCUT2D eigenvalue weighted by molar-refractivity contribution is -0.185. The van der Waals surface area contributed by atoms with Gasteiger partial charge in [-0.25, -0.2) is 0 Å². The largest absolute Gasteiger partial charge is 0.393 e. The fraction of sp³-hybridized carbons (Fsp3) is 1.00. The number of hydrogen-bond donors (Lipinski definition) is 0. The van der Waals surface area contributed by atoms with Gasteiger partial charge in [0, 0.05) is 0 Å². The standard InChI is InChI=1S/C8H14O4Si/c1-7(4-10-7)8(2)11-6(13-12-8)5-3-9-5/h5-6H,3-4,13H2,1-2H3. The van der Waals surface area contributed by atoms with E-state index in [4.69, 9.17) is 18.6 Å². The van der Waals surface area contributed by atoms with Crippen LogP contribution in [0.4, 0.5) is 0 Å². The Bertz CT molecular complexity index is 238. The summed E-state index contributed by atoms with van der Waals surface area (Å²) in [6, 6.07) is 0. The molecule has 4 unspecified atom stereocenters. The minimum absolute atomic E-state index is 0.205. The first kappa shape index (κ1) is 8.37. The molecule has 4 atom stereocenters. The van der Waals surface area contributed by atoms with Crippen LogP contribution in [-0.2, 0) is 18.6 Å². The average molecular weight is 202 g/mol. The number of ether oxygens (including phenoxy) is 3. The van der Waals surface area contributed by atoms with E-state index in [1.54, 1.807) is 0 Å². The van der Waals surface area contributed by atoms with E-state index in [0.29, 0.717) is 6.10 Å². The van der Waals surface area contributed by atoms with Gasteiger partial charge in [-0.1, -0.05) is 0 Å². The van der Waals surface area contributed by atoms with E-state index in [9.17, 15) is 0 Å². The van der Waals surface area contributed by atoms with Gasteiger partial charge >= 0.3 is 0 Å². The minimum Gasteiger partial charge on any atom is -0.393 e. The predicted octanol–water partition coefficient (Wildman–Crippen LogP) is -0.653. The van der Waals surface area contributed by atoms with Crippen LogP contribution in [0, 0.1) is 0 Å². The Balaban J connectivity index is 1.72. The summed E-state index contributed by atoms with van der Waals surface area (Å²) in [6.45, 7) is 5.61. The summed E-state index contributed by atoms with van der Waals surface area (Å²) in [4.78, 5) is 0. The molecule has 0 aromatic rings. The zero-order valence-corrected chi connectivity index (χ0v) is 9.32. The Morgan fingerprint density at radius 1 is 1.38 bits per heavy atom. The van der Waals surface area contributed by atoms with Gasteiger partial charge in [0.25, 0.3) is 0 Å². The van der Waals surface area contributed by atoms with Gasteiger partial charge in [0.2, 0.25) is 0 Å². The summed E-state index contributed by atoms with van der Waals surface area (Å²) in [7, 11) is -0.599. The predicted molar refractivity (Wildman–Crippen MR) is 47.0 cm³/mol. The first-order chi connectivity index (χ1) is 6.13. The van der Waals surface area contributed by atoms with Gasteiger partial charge in [0.05, 0.1) is 13.2 Å². The van der Waals surface area contributed by atoms with E-state index in [0.717, 1.165) is 13.2 Å². The lowest BCUT2D eigenvalue weighted by Gasteiger charge is -2.28. The van der Waals surface area contributed by atoms with Crippen molar-refractivity contribution in [2.24, 2.45) is 0 Å². The highest BCUT2D eigenvalue weighted by Gasteiger charge is 2.62. The molecule has 0 N–H and O–H groups in total. The molecule has 3 saturated heterocycles. The van der Waals surface area contributed by atoms with Crippen molar-refractivity contribution in [3.05, 3.63) is 0 Å². The second-order valence-electron chi connectivity index (χ2n) is 4.30. The fourth-order valence-corrected chi connectivity index (χ4v) is 3.43. The number of epoxide rings is 2. The Hall–Kier alpha value is 0.0569. The fourth-order valence-electron chi connectivity index (χ4n) is 1.70. The van der Waals surface area contributed by atoms with Gasteiger partial charge in [-0.05, 0) is 13.8 Å². The van der Waals surface area contributed by atoms with Gasteiger partial charge < -0.3 is 18.6 Å². The number of hydrogen-bond acceptors (Lipinski definition) is 4. The molecule has 0 amide bonds. The van der Waals surface area contributed by atoms with Crippen LogP contribution in [0.3, 0.4) is 0 Å². The van der Waals surface area contributed by atoms with Crippen molar-refractivity contribution in [2.75, 3.05) is 13.2 Å². The summed E-state index contributed by atoms with van der Waals surface area (Å²) in [5, 5.41) is 0.